The summed E-state index contributed by atoms with van der Waals surface area (Å²) in [5.74, 6) is 0.496. The minimum atomic E-state index is -0.297. The summed E-state index contributed by atoms with van der Waals surface area (Å²) in [7, 11) is 3.06. The molecule has 2 aromatic carbocycles. The zero-order valence-electron chi connectivity index (χ0n) is 14.0. The van der Waals surface area contributed by atoms with E-state index in [9.17, 15) is 4.79 Å². The van der Waals surface area contributed by atoms with Crippen LogP contribution in [0.4, 0.5) is 0 Å². The van der Waals surface area contributed by atoms with E-state index in [1.54, 1.807) is 7.11 Å². The predicted molar refractivity (Wildman–Crippen MR) is 88.7 cm³/mol. The molecular weight excluding hydrogens is 276 g/mol. The lowest BCUT2D eigenvalue weighted by molar-refractivity contribution is 0.0600. The Morgan fingerprint density at radius 3 is 1.86 bits per heavy atom. The van der Waals surface area contributed by atoms with Crippen molar-refractivity contribution in [3.63, 3.8) is 0 Å². The van der Waals surface area contributed by atoms with Crippen molar-refractivity contribution in [3.05, 3.63) is 52.1 Å². The molecule has 0 spiro atoms. The number of hydrogen-bond acceptors (Lipinski definition) is 3. The van der Waals surface area contributed by atoms with Gasteiger partial charge in [0.1, 0.15) is 5.75 Å². The maximum absolute atomic E-state index is 12.3. The van der Waals surface area contributed by atoms with Crippen LogP contribution < -0.4 is 4.74 Å². The first-order valence-corrected chi connectivity index (χ1v) is 7.25. The van der Waals surface area contributed by atoms with E-state index in [1.807, 2.05) is 45.0 Å². The monoisotopic (exact) mass is 298 g/mol. The van der Waals surface area contributed by atoms with Crippen molar-refractivity contribution in [3.8, 4) is 16.9 Å². The fourth-order valence-electron chi connectivity index (χ4n) is 2.79. The predicted octanol–water partition coefficient (Wildman–Crippen LogP) is 4.38. The maximum Gasteiger partial charge on any atom is 0.338 e. The number of carbonyl (C=O) groups excluding carboxylic acids is 1. The van der Waals surface area contributed by atoms with Gasteiger partial charge in [-0.15, -0.1) is 0 Å². The summed E-state index contributed by atoms with van der Waals surface area (Å²) in [6.45, 7) is 8.16. The van der Waals surface area contributed by atoms with Crippen LogP contribution in [0.5, 0.6) is 5.75 Å². The van der Waals surface area contributed by atoms with E-state index < -0.39 is 0 Å². The lowest BCUT2D eigenvalue weighted by Gasteiger charge is -2.20. The lowest BCUT2D eigenvalue weighted by Crippen LogP contribution is -2.10. The van der Waals surface area contributed by atoms with Gasteiger partial charge in [-0.3, -0.25) is 0 Å². The molecule has 22 heavy (non-hydrogen) atoms. The summed E-state index contributed by atoms with van der Waals surface area (Å²) in [5, 5.41) is 0. The number of benzene rings is 2. The van der Waals surface area contributed by atoms with Crippen molar-refractivity contribution < 1.29 is 14.3 Å². The highest BCUT2D eigenvalue weighted by Gasteiger charge is 2.22. The molecule has 0 heterocycles. The summed E-state index contributed by atoms with van der Waals surface area (Å²) in [4.78, 5) is 12.3. The molecule has 2 aromatic rings. The van der Waals surface area contributed by atoms with Crippen molar-refractivity contribution in [2.75, 3.05) is 14.2 Å². The van der Waals surface area contributed by atoms with E-state index in [2.05, 4.69) is 6.92 Å². The van der Waals surface area contributed by atoms with Gasteiger partial charge in [0.2, 0.25) is 0 Å². The third-order valence-corrected chi connectivity index (χ3v) is 4.46. The molecule has 0 radical (unpaired) electrons. The number of methoxy groups -OCH3 is 2. The summed E-state index contributed by atoms with van der Waals surface area (Å²) in [6.07, 6.45) is 0. The van der Waals surface area contributed by atoms with Crippen LogP contribution in [0.2, 0.25) is 0 Å². The Morgan fingerprint density at radius 2 is 1.36 bits per heavy atom. The molecule has 0 saturated carbocycles. The van der Waals surface area contributed by atoms with E-state index in [4.69, 9.17) is 9.47 Å². The van der Waals surface area contributed by atoms with Gasteiger partial charge in [0, 0.05) is 0 Å². The molecule has 0 bridgehead atoms. The van der Waals surface area contributed by atoms with Crippen LogP contribution in [0, 0.1) is 27.7 Å². The topological polar surface area (TPSA) is 35.5 Å². The second-order valence-electron chi connectivity index (χ2n) is 5.47. The normalized spacial score (nSPS) is 10.5. The molecule has 0 amide bonds. The first-order valence-electron chi connectivity index (χ1n) is 7.25. The van der Waals surface area contributed by atoms with Crippen molar-refractivity contribution >= 4 is 5.97 Å². The number of ether oxygens (including phenoxy) is 2. The molecule has 116 valence electrons. The Morgan fingerprint density at radius 1 is 0.818 bits per heavy atom. The second-order valence-corrected chi connectivity index (χ2v) is 5.47. The molecule has 0 aliphatic carbocycles. The van der Waals surface area contributed by atoms with E-state index in [1.165, 1.54) is 12.7 Å². The third-order valence-electron chi connectivity index (χ3n) is 4.46. The van der Waals surface area contributed by atoms with E-state index in [-0.39, 0.29) is 5.97 Å². The van der Waals surface area contributed by atoms with Crippen molar-refractivity contribution in [2.45, 2.75) is 27.7 Å². The first kappa shape index (κ1) is 16.1. The smallest absolute Gasteiger partial charge is 0.338 e. The van der Waals surface area contributed by atoms with Crippen molar-refractivity contribution in [1.29, 1.82) is 0 Å². The van der Waals surface area contributed by atoms with Gasteiger partial charge >= 0.3 is 5.97 Å². The number of hydrogen-bond donors (Lipinski definition) is 0. The molecule has 0 saturated heterocycles. The van der Waals surface area contributed by atoms with Gasteiger partial charge in [0.15, 0.2) is 0 Å². The van der Waals surface area contributed by atoms with Crippen LogP contribution in [0.3, 0.4) is 0 Å². The Kier molecular flexibility index (Phi) is 4.55. The molecule has 0 N–H and O–H groups in total. The zero-order chi connectivity index (χ0) is 16.4. The minimum Gasteiger partial charge on any atom is -0.497 e. The minimum absolute atomic E-state index is 0.297. The highest BCUT2D eigenvalue weighted by molar-refractivity contribution is 6.00. The molecule has 0 atom stereocenters. The fraction of sp³-hybridized carbons (Fsp3) is 0.316. The summed E-state index contributed by atoms with van der Waals surface area (Å²) in [5.41, 5.74) is 6.99. The van der Waals surface area contributed by atoms with Gasteiger partial charge in [0.05, 0.1) is 19.8 Å². The van der Waals surface area contributed by atoms with E-state index in [0.717, 1.165) is 33.6 Å². The summed E-state index contributed by atoms with van der Waals surface area (Å²) < 4.78 is 10.2. The SMILES string of the molecule is COC(=O)c1c(C)c(C)c(C)c(C)c1-c1ccc(OC)cc1. The molecule has 0 aliphatic rings. The van der Waals surface area contributed by atoms with Gasteiger partial charge in [0.25, 0.3) is 0 Å². The van der Waals surface area contributed by atoms with E-state index in [0.29, 0.717) is 5.56 Å². The van der Waals surface area contributed by atoms with Crippen LogP contribution >= 0.6 is 0 Å². The van der Waals surface area contributed by atoms with Crippen LogP contribution in [-0.2, 0) is 4.74 Å². The number of esters is 1. The van der Waals surface area contributed by atoms with Gasteiger partial charge in [-0.25, -0.2) is 4.79 Å². The Bertz CT molecular complexity index is 713. The Hall–Kier alpha value is -2.29. The number of rotatable bonds is 3. The zero-order valence-corrected chi connectivity index (χ0v) is 14.0. The van der Waals surface area contributed by atoms with Crippen molar-refractivity contribution in [1.82, 2.24) is 0 Å². The second kappa shape index (κ2) is 6.22. The van der Waals surface area contributed by atoms with Crippen molar-refractivity contribution in [2.24, 2.45) is 0 Å². The van der Waals surface area contributed by atoms with Gasteiger partial charge in [-0.05, 0) is 73.2 Å². The standard InChI is InChI=1S/C19H22O3/c1-11-12(2)14(4)18(19(20)22-6)17(13(11)3)15-7-9-16(21-5)10-8-15/h7-10H,1-6H3. The Balaban J connectivity index is 2.79. The molecule has 3 nitrogen and oxygen atoms in total. The van der Waals surface area contributed by atoms with Crippen LogP contribution in [0.1, 0.15) is 32.6 Å². The summed E-state index contributed by atoms with van der Waals surface area (Å²) in [6, 6.07) is 7.75. The third kappa shape index (κ3) is 2.59. The Labute approximate surface area is 131 Å². The largest absolute Gasteiger partial charge is 0.497 e. The van der Waals surface area contributed by atoms with E-state index >= 15 is 0 Å². The highest BCUT2D eigenvalue weighted by atomic mass is 16.5. The van der Waals surface area contributed by atoms with Gasteiger partial charge in [-0.1, -0.05) is 12.1 Å². The van der Waals surface area contributed by atoms with Crippen LogP contribution in [0.15, 0.2) is 24.3 Å². The quantitative estimate of drug-likeness (QED) is 0.789. The van der Waals surface area contributed by atoms with Gasteiger partial charge < -0.3 is 9.47 Å². The molecule has 0 fully saturated rings. The maximum atomic E-state index is 12.3. The fourth-order valence-corrected chi connectivity index (χ4v) is 2.79. The van der Waals surface area contributed by atoms with Crippen LogP contribution in [-0.4, -0.2) is 20.2 Å². The molecule has 0 aliphatic heterocycles. The molecule has 3 heteroatoms. The average Bonchev–Trinajstić information content (AvgIpc) is 2.55. The molecular formula is C19H22O3. The first-order chi connectivity index (χ1) is 10.4. The molecule has 2 rings (SSSR count). The molecule has 0 aromatic heterocycles. The van der Waals surface area contributed by atoms with Gasteiger partial charge in [-0.2, -0.15) is 0 Å². The lowest BCUT2D eigenvalue weighted by atomic mass is 9.85. The highest BCUT2D eigenvalue weighted by Crippen LogP contribution is 2.35. The molecule has 0 unspecified atom stereocenters. The number of carbonyl (C=O) groups is 1. The van der Waals surface area contributed by atoms with Crippen LogP contribution in [0.25, 0.3) is 11.1 Å². The average molecular weight is 298 g/mol. The summed E-state index contributed by atoms with van der Waals surface area (Å²) >= 11 is 0.